The molecule has 0 saturated carbocycles. The van der Waals surface area contributed by atoms with E-state index in [9.17, 15) is 4.79 Å². The van der Waals surface area contributed by atoms with Crippen LogP contribution in [0.4, 0.5) is 0 Å². The lowest BCUT2D eigenvalue weighted by Gasteiger charge is -2.30. The Kier molecular flexibility index (Phi) is 3.88. The highest BCUT2D eigenvalue weighted by Gasteiger charge is 2.23. The van der Waals surface area contributed by atoms with Crippen LogP contribution in [-0.2, 0) is 0 Å². The van der Waals surface area contributed by atoms with Crippen molar-refractivity contribution in [2.24, 2.45) is 5.92 Å². The molecule has 1 atom stereocenters. The topological polar surface area (TPSA) is 42.4 Å². The van der Waals surface area contributed by atoms with Crippen LogP contribution in [0.5, 0.6) is 5.75 Å². The molecule has 2 aromatic heterocycles. The molecule has 1 amide bonds. The number of hydrogen-bond acceptors (Lipinski definition) is 4. The Morgan fingerprint density at radius 1 is 1.29 bits per heavy atom. The Labute approximate surface area is 145 Å². The molecule has 1 aromatic carbocycles. The molecule has 3 aromatic rings. The van der Waals surface area contributed by atoms with Gasteiger partial charge >= 0.3 is 0 Å². The van der Waals surface area contributed by atoms with Gasteiger partial charge in [0, 0.05) is 23.9 Å². The molecule has 0 spiro atoms. The van der Waals surface area contributed by atoms with Crippen LogP contribution in [-0.4, -0.2) is 36.0 Å². The van der Waals surface area contributed by atoms with Crippen LogP contribution in [0.25, 0.3) is 21.1 Å². The zero-order chi connectivity index (χ0) is 16.7. The van der Waals surface area contributed by atoms with Gasteiger partial charge in [-0.15, -0.1) is 11.3 Å². The Morgan fingerprint density at radius 3 is 2.96 bits per heavy atom. The van der Waals surface area contributed by atoms with Gasteiger partial charge < -0.3 is 9.64 Å². The monoisotopic (exact) mass is 340 g/mol. The summed E-state index contributed by atoms with van der Waals surface area (Å²) in [6, 6.07) is 9.92. The van der Waals surface area contributed by atoms with E-state index in [-0.39, 0.29) is 5.91 Å². The molecule has 0 N–H and O–H groups in total. The number of pyridine rings is 1. The van der Waals surface area contributed by atoms with Gasteiger partial charge in [0.05, 0.1) is 17.5 Å². The molecule has 3 heterocycles. The van der Waals surface area contributed by atoms with Crippen molar-refractivity contribution in [1.29, 1.82) is 0 Å². The van der Waals surface area contributed by atoms with Crippen LogP contribution in [0.2, 0.25) is 0 Å². The first-order chi connectivity index (χ1) is 11.6. The van der Waals surface area contributed by atoms with E-state index in [2.05, 4.69) is 13.0 Å². The number of methoxy groups -OCH3 is 1. The number of carbonyl (C=O) groups excluding carboxylic acids is 1. The van der Waals surface area contributed by atoms with Crippen molar-refractivity contribution in [3.63, 3.8) is 0 Å². The number of carbonyl (C=O) groups is 1. The molecule has 0 unspecified atom stereocenters. The van der Waals surface area contributed by atoms with Crippen LogP contribution < -0.4 is 4.74 Å². The summed E-state index contributed by atoms with van der Waals surface area (Å²) in [5.74, 6) is 1.55. The average molecular weight is 340 g/mol. The zero-order valence-corrected chi connectivity index (χ0v) is 14.7. The lowest BCUT2D eigenvalue weighted by atomic mass is 10.0. The third-order valence-corrected chi connectivity index (χ3v) is 5.70. The van der Waals surface area contributed by atoms with E-state index in [1.165, 1.54) is 17.8 Å². The van der Waals surface area contributed by atoms with E-state index in [0.717, 1.165) is 51.3 Å². The molecule has 5 heteroatoms. The molecule has 1 saturated heterocycles. The minimum absolute atomic E-state index is 0.145. The van der Waals surface area contributed by atoms with Gasteiger partial charge in [-0.25, -0.2) is 4.98 Å². The third kappa shape index (κ3) is 2.73. The number of aromatic nitrogens is 1. The summed E-state index contributed by atoms with van der Waals surface area (Å²) < 4.78 is 5.28. The molecular formula is C19H20N2O2S. The number of piperidine rings is 1. The first-order valence-electron chi connectivity index (χ1n) is 8.31. The summed E-state index contributed by atoms with van der Waals surface area (Å²) in [4.78, 5) is 21.2. The molecule has 1 aliphatic heterocycles. The van der Waals surface area contributed by atoms with Crippen molar-refractivity contribution >= 4 is 38.4 Å². The highest BCUT2D eigenvalue weighted by atomic mass is 32.1. The number of amides is 1. The van der Waals surface area contributed by atoms with Crippen molar-refractivity contribution in [1.82, 2.24) is 9.88 Å². The van der Waals surface area contributed by atoms with Crippen LogP contribution in [0.1, 0.15) is 29.4 Å². The summed E-state index contributed by atoms with van der Waals surface area (Å²) in [5, 5.41) is 2.06. The molecule has 0 aliphatic carbocycles. The van der Waals surface area contributed by atoms with E-state index >= 15 is 0 Å². The fourth-order valence-electron chi connectivity index (χ4n) is 3.38. The fraction of sp³-hybridized carbons (Fsp3) is 0.368. The minimum atomic E-state index is 0.145. The molecule has 0 radical (unpaired) electrons. The SMILES string of the molecule is COc1ccc2nc3sc(C(=O)N4CCC[C@@H](C)C4)cc3cc2c1. The maximum atomic E-state index is 12.8. The van der Waals surface area contributed by atoms with Gasteiger partial charge in [0.25, 0.3) is 5.91 Å². The second-order valence-electron chi connectivity index (χ2n) is 6.55. The molecule has 1 fully saturated rings. The van der Waals surface area contributed by atoms with Crippen molar-refractivity contribution < 1.29 is 9.53 Å². The number of fused-ring (bicyclic) bond motifs is 2. The number of nitrogens with zero attached hydrogens (tertiary/aromatic N) is 2. The molecule has 4 nitrogen and oxygen atoms in total. The second-order valence-corrected chi connectivity index (χ2v) is 7.58. The smallest absolute Gasteiger partial charge is 0.264 e. The van der Waals surface area contributed by atoms with Crippen LogP contribution >= 0.6 is 11.3 Å². The summed E-state index contributed by atoms with van der Waals surface area (Å²) in [6.45, 7) is 3.94. The largest absolute Gasteiger partial charge is 0.497 e. The second kappa shape index (κ2) is 6.06. The molecule has 1 aliphatic rings. The highest BCUT2D eigenvalue weighted by Crippen LogP contribution is 2.30. The van der Waals surface area contributed by atoms with Gasteiger partial charge in [-0.3, -0.25) is 4.79 Å². The van der Waals surface area contributed by atoms with Gasteiger partial charge in [-0.05, 0) is 49.1 Å². The number of thiophene rings is 1. The Hall–Kier alpha value is -2.14. The fourth-order valence-corrected chi connectivity index (χ4v) is 4.37. The molecular weight excluding hydrogens is 320 g/mol. The van der Waals surface area contributed by atoms with E-state index in [0.29, 0.717) is 5.92 Å². The molecule has 4 rings (SSSR count). The van der Waals surface area contributed by atoms with Crippen LogP contribution in [0.3, 0.4) is 0 Å². The first-order valence-corrected chi connectivity index (χ1v) is 9.13. The standard InChI is InChI=1S/C19H20N2O2S/c1-12-4-3-7-21(11-12)19(22)17-10-14-8-13-9-15(23-2)5-6-16(13)20-18(14)24-17/h5-6,8-10,12H,3-4,7,11H2,1-2H3/t12-/m1/s1. The number of rotatable bonds is 2. The van der Waals surface area contributed by atoms with Crippen LogP contribution in [0.15, 0.2) is 30.3 Å². The molecule has 124 valence electrons. The molecule has 0 bridgehead atoms. The predicted molar refractivity (Wildman–Crippen MR) is 98.0 cm³/mol. The number of benzene rings is 1. The van der Waals surface area contributed by atoms with Crippen molar-refractivity contribution in [3.05, 3.63) is 35.2 Å². The van der Waals surface area contributed by atoms with Gasteiger partial charge in [-0.2, -0.15) is 0 Å². The third-order valence-electron chi connectivity index (χ3n) is 4.66. The summed E-state index contributed by atoms with van der Waals surface area (Å²) in [6.07, 6.45) is 2.31. The minimum Gasteiger partial charge on any atom is -0.497 e. The Bertz CT molecular complexity index is 918. The maximum Gasteiger partial charge on any atom is 0.264 e. The Morgan fingerprint density at radius 2 is 2.17 bits per heavy atom. The number of ether oxygens (including phenoxy) is 1. The Balaban J connectivity index is 1.71. The first kappa shape index (κ1) is 15.4. The van der Waals surface area contributed by atoms with Gasteiger partial charge in [0.1, 0.15) is 10.6 Å². The zero-order valence-electron chi connectivity index (χ0n) is 13.9. The van der Waals surface area contributed by atoms with Crippen molar-refractivity contribution in [2.45, 2.75) is 19.8 Å². The number of hydrogen-bond donors (Lipinski definition) is 0. The van der Waals surface area contributed by atoms with E-state index in [1.54, 1.807) is 7.11 Å². The summed E-state index contributed by atoms with van der Waals surface area (Å²) in [5.41, 5.74) is 0.927. The normalized spacial score (nSPS) is 18.2. The van der Waals surface area contributed by atoms with Crippen LogP contribution in [0, 0.1) is 5.92 Å². The summed E-state index contributed by atoms with van der Waals surface area (Å²) in [7, 11) is 1.66. The highest BCUT2D eigenvalue weighted by molar-refractivity contribution is 7.20. The summed E-state index contributed by atoms with van der Waals surface area (Å²) >= 11 is 1.49. The van der Waals surface area contributed by atoms with Crippen molar-refractivity contribution in [2.75, 3.05) is 20.2 Å². The maximum absolute atomic E-state index is 12.8. The lowest BCUT2D eigenvalue weighted by molar-refractivity contribution is 0.0688. The van der Waals surface area contributed by atoms with Crippen molar-refractivity contribution in [3.8, 4) is 5.75 Å². The van der Waals surface area contributed by atoms with Gasteiger partial charge in [-0.1, -0.05) is 6.92 Å². The van der Waals surface area contributed by atoms with Gasteiger partial charge in [0.2, 0.25) is 0 Å². The average Bonchev–Trinajstić information content (AvgIpc) is 3.01. The predicted octanol–water partition coefficient (Wildman–Crippen LogP) is 4.33. The van der Waals surface area contributed by atoms with E-state index < -0.39 is 0 Å². The molecule has 24 heavy (non-hydrogen) atoms. The van der Waals surface area contributed by atoms with Gasteiger partial charge in [0.15, 0.2) is 0 Å². The number of likely N-dealkylation sites (tertiary alicyclic amines) is 1. The van der Waals surface area contributed by atoms with E-state index in [1.807, 2.05) is 29.2 Å². The lowest BCUT2D eigenvalue weighted by Crippen LogP contribution is -2.38. The quantitative estimate of drug-likeness (QED) is 0.697. The van der Waals surface area contributed by atoms with E-state index in [4.69, 9.17) is 9.72 Å².